The summed E-state index contributed by atoms with van der Waals surface area (Å²) in [5, 5.41) is 0. The maximum absolute atomic E-state index is 11.6. The minimum absolute atomic E-state index is 0.199. The molecule has 0 unspecified atom stereocenters. The van der Waals surface area contributed by atoms with Crippen molar-refractivity contribution < 1.29 is 17.3 Å². The second-order valence-corrected chi connectivity index (χ2v) is 5.07. The van der Waals surface area contributed by atoms with Gasteiger partial charge >= 0.3 is 0 Å². The average molecular weight is 228 g/mol. The molecule has 1 aromatic carbocycles. The van der Waals surface area contributed by atoms with Crippen molar-refractivity contribution in [3.05, 3.63) is 30.3 Å². The lowest BCUT2D eigenvalue weighted by molar-refractivity contribution is -0.0498. The third-order valence-electron chi connectivity index (χ3n) is 2.20. The molecule has 0 radical (unpaired) electrons. The van der Waals surface area contributed by atoms with Crippen LogP contribution in [0.3, 0.4) is 0 Å². The molecular formula is C10H12O4S. The topological polar surface area (TPSA) is 52.6 Å². The summed E-state index contributed by atoms with van der Waals surface area (Å²) in [4.78, 5) is 0.199. The number of benzene rings is 1. The SMILES string of the molecule is O=S(=O)(OCC1COC1)c1ccccc1. The Kier molecular flexibility index (Phi) is 3.04. The average Bonchev–Trinajstić information content (AvgIpc) is 2.16. The monoisotopic (exact) mass is 228 g/mol. The Morgan fingerprint density at radius 2 is 1.93 bits per heavy atom. The van der Waals surface area contributed by atoms with Crippen LogP contribution in [-0.2, 0) is 19.0 Å². The van der Waals surface area contributed by atoms with Crippen LogP contribution in [0.4, 0.5) is 0 Å². The Bertz CT molecular complexity index is 408. The largest absolute Gasteiger partial charge is 0.381 e. The maximum atomic E-state index is 11.6. The highest BCUT2D eigenvalue weighted by molar-refractivity contribution is 7.86. The van der Waals surface area contributed by atoms with Crippen LogP contribution in [0.5, 0.6) is 0 Å². The minimum Gasteiger partial charge on any atom is -0.381 e. The minimum atomic E-state index is -3.59. The van der Waals surface area contributed by atoms with Crippen molar-refractivity contribution in [3.8, 4) is 0 Å². The van der Waals surface area contributed by atoms with Crippen LogP contribution in [0.15, 0.2) is 35.2 Å². The van der Waals surface area contributed by atoms with E-state index in [1.807, 2.05) is 0 Å². The fourth-order valence-electron chi connectivity index (χ4n) is 1.22. The van der Waals surface area contributed by atoms with Crippen LogP contribution in [0.2, 0.25) is 0 Å². The predicted molar refractivity (Wildman–Crippen MR) is 53.9 cm³/mol. The molecule has 0 N–H and O–H groups in total. The van der Waals surface area contributed by atoms with Crippen LogP contribution < -0.4 is 0 Å². The van der Waals surface area contributed by atoms with Gasteiger partial charge in [0, 0.05) is 5.92 Å². The Hall–Kier alpha value is -0.910. The molecule has 5 heteroatoms. The summed E-state index contributed by atoms with van der Waals surface area (Å²) in [7, 11) is -3.59. The highest BCUT2D eigenvalue weighted by atomic mass is 32.2. The van der Waals surface area contributed by atoms with Crippen molar-refractivity contribution in [1.82, 2.24) is 0 Å². The van der Waals surface area contributed by atoms with Gasteiger partial charge < -0.3 is 4.74 Å². The quantitative estimate of drug-likeness (QED) is 0.722. The van der Waals surface area contributed by atoms with Gasteiger partial charge in [0.25, 0.3) is 10.1 Å². The van der Waals surface area contributed by atoms with Gasteiger partial charge in [-0.2, -0.15) is 8.42 Å². The van der Waals surface area contributed by atoms with E-state index in [-0.39, 0.29) is 17.4 Å². The predicted octanol–water partition coefficient (Wildman–Crippen LogP) is 1.04. The molecule has 15 heavy (non-hydrogen) atoms. The normalized spacial score (nSPS) is 17.3. The van der Waals surface area contributed by atoms with Gasteiger partial charge in [-0.1, -0.05) is 18.2 Å². The molecule has 1 fully saturated rings. The first kappa shape index (κ1) is 10.6. The Labute approximate surface area is 88.9 Å². The van der Waals surface area contributed by atoms with Crippen molar-refractivity contribution in [1.29, 1.82) is 0 Å². The molecule has 0 aromatic heterocycles. The Balaban J connectivity index is 2.00. The zero-order valence-corrected chi connectivity index (χ0v) is 8.94. The fourth-order valence-corrected chi connectivity index (χ4v) is 2.22. The van der Waals surface area contributed by atoms with Gasteiger partial charge in [-0.05, 0) is 12.1 Å². The van der Waals surface area contributed by atoms with Crippen molar-refractivity contribution in [2.24, 2.45) is 5.92 Å². The van der Waals surface area contributed by atoms with E-state index >= 15 is 0 Å². The van der Waals surface area contributed by atoms with Gasteiger partial charge in [-0.25, -0.2) is 0 Å². The molecule has 1 aromatic rings. The molecular weight excluding hydrogens is 216 g/mol. The maximum Gasteiger partial charge on any atom is 0.296 e. The first-order valence-corrected chi connectivity index (χ1v) is 6.11. The number of ether oxygens (including phenoxy) is 1. The lowest BCUT2D eigenvalue weighted by Gasteiger charge is -2.25. The van der Waals surface area contributed by atoms with Crippen LogP contribution >= 0.6 is 0 Å². The van der Waals surface area contributed by atoms with Crippen LogP contribution in [0, 0.1) is 5.92 Å². The molecule has 0 atom stereocenters. The molecule has 0 spiro atoms. The lowest BCUT2D eigenvalue weighted by atomic mass is 10.1. The van der Waals surface area contributed by atoms with Gasteiger partial charge in [-0.3, -0.25) is 4.18 Å². The summed E-state index contributed by atoms with van der Waals surface area (Å²) >= 11 is 0. The molecule has 1 saturated heterocycles. The van der Waals surface area contributed by atoms with Crippen LogP contribution in [-0.4, -0.2) is 28.2 Å². The highest BCUT2D eigenvalue weighted by Gasteiger charge is 2.23. The summed E-state index contributed by atoms with van der Waals surface area (Å²) in [5.41, 5.74) is 0. The molecule has 1 aliphatic heterocycles. The summed E-state index contributed by atoms with van der Waals surface area (Å²) in [6.45, 7) is 1.38. The van der Waals surface area contributed by atoms with Crippen molar-refractivity contribution in [2.45, 2.75) is 4.90 Å². The van der Waals surface area contributed by atoms with Gasteiger partial charge in [0.05, 0.1) is 24.7 Å². The van der Waals surface area contributed by atoms with Crippen molar-refractivity contribution in [3.63, 3.8) is 0 Å². The van der Waals surface area contributed by atoms with Crippen LogP contribution in [0.1, 0.15) is 0 Å². The van der Waals surface area contributed by atoms with E-state index in [4.69, 9.17) is 8.92 Å². The smallest absolute Gasteiger partial charge is 0.296 e. The van der Waals surface area contributed by atoms with E-state index in [0.29, 0.717) is 13.2 Å². The molecule has 1 heterocycles. The molecule has 82 valence electrons. The summed E-state index contributed by atoms with van der Waals surface area (Å²) in [5.74, 6) is 0.212. The fraction of sp³-hybridized carbons (Fsp3) is 0.400. The van der Waals surface area contributed by atoms with E-state index in [1.54, 1.807) is 18.2 Å². The molecule has 0 aliphatic carbocycles. The number of hydrogen-bond acceptors (Lipinski definition) is 4. The molecule has 2 rings (SSSR count). The molecule has 1 aliphatic rings. The zero-order valence-electron chi connectivity index (χ0n) is 8.13. The highest BCUT2D eigenvalue weighted by Crippen LogP contribution is 2.16. The van der Waals surface area contributed by atoms with E-state index in [9.17, 15) is 8.42 Å². The number of rotatable bonds is 4. The third-order valence-corrected chi connectivity index (χ3v) is 3.49. The van der Waals surface area contributed by atoms with Gasteiger partial charge in [-0.15, -0.1) is 0 Å². The second kappa shape index (κ2) is 4.30. The first-order valence-electron chi connectivity index (χ1n) is 4.71. The van der Waals surface area contributed by atoms with E-state index in [0.717, 1.165) is 0 Å². The summed E-state index contributed by atoms with van der Waals surface area (Å²) in [6.07, 6.45) is 0. The van der Waals surface area contributed by atoms with Gasteiger partial charge in [0.2, 0.25) is 0 Å². The first-order chi connectivity index (χ1) is 7.18. The van der Waals surface area contributed by atoms with Gasteiger partial charge in [0.1, 0.15) is 0 Å². The molecule has 0 bridgehead atoms. The molecule has 0 saturated carbocycles. The molecule has 0 amide bonds. The Morgan fingerprint density at radius 3 is 2.47 bits per heavy atom. The third kappa shape index (κ3) is 2.56. The van der Waals surface area contributed by atoms with E-state index in [2.05, 4.69) is 0 Å². The summed E-state index contributed by atoms with van der Waals surface area (Å²) in [6, 6.07) is 8.14. The van der Waals surface area contributed by atoms with Gasteiger partial charge in [0.15, 0.2) is 0 Å². The number of hydrogen-bond donors (Lipinski definition) is 0. The summed E-state index contributed by atoms with van der Waals surface area (Å²) < 4.78 is 33.1. The molecule has 4 nitrogen and oxygen atoms in total. The van der Waals surface area contributed by atoms with Crippen molar-refractivity contribution in [2.75, 3.05) is 19.8 Å². The lowest BCUT2D eigenvalue weighted by Crippen LogP contribution is -2.32. The van der Waals surface area contributed by atoms with E-state index < -0.39 is 10.1 Å². The second-order valence-electron chi connectivity index (χ2n) is 3.46. The van der Waals surface area contributed by atoms with Crippen molar-refractivity contribution >= 4 is 10.1 Å². The zero-order chi connectivity index (χ0) is 10.7. The van der Waals surface area contributed by atoms with E-state index in [1.165, 1.54) is 12.1 Å². The standard InChI is InChI=1S/C10H12O4S/c11-15(12,10-4-2-1-3-5-10)14-8-9-6-13-7-9/h1-5,9H,6-8H2. The van der Waals surface area contributed by atoms with Crippen LogP contribution in [0.25, 0.3) is 0 Å². The Morgan fingerprint density at radius 1 is 1.27 bits per heavy atom.